The number of rotatable bonds is 2. The lowest BCUT2D eigenvalue weighted by molar-refractivity contribution is 0.0765. The number of hydrogen-bond donors (Lipinski definition) is 1. The molecule has 5 nitrogen and oxygen atoms in total. The standard InChI is InChI=1S/C14H15N3O2/c18-11-6-9-16(10-11)14(19)12-4-1-2-5-13(12)17-8-3-7-15-17/h1-5,7-8,11,18H,6,9-10H2/t11-/m1/s1. The molecule has 1 aliphatic rings. The Morgan fingerprint density at radius 3 is 2.84 bits per heavy atom. The largest absolute Gasteiger partial charge is 0.391 e. The SMILES string of the molecule is O=C(c1ccccc1-n1cccn1)N1CC[C@@H](O)C1. The third-order valence-electron chi connectivity index (χ3n) is 3.34. The molecule has 0 spiro atoms. The summed E-state index contributed by atoms with van der Waals surface area (Å²) in [6, 6.07) is 9.21. The first kappa shape index (κ1) is 11.9. The van der Waals surface area contributed by atoms with Gasteiger partial charge in [-0.1, -0.05) is 12.1 Å². The molecule has 0 radical (unpaired) electrons. The zero-order valence-electron chi connectivity index (χ0n) is 10.4. The van der Waals surface area contributed by atoms with Gasteiger partial charge < -0.3 is 10.0 Å². The van der Waals surface area contributed by atoms with Crippen LogP contribution in [0.3, 0.4) is 0 Å². The van der Waals surface area contributed by atoms with Crippen molar-refractivity contribution in [2.75, 3.05) is 13.1 Å². The molecule has 1 aromatic carbocycles. The molecule has 1 aliphatic heterocycles. The fourth-order valence-electron chi connectivity index (χ4n) is 2.36. The van der Waals surface area contributed by atoms with Crippen molar-refractivity contribution in [2.45, 2.75) is 12.5 Å². The lowest BCUT2D eigenvalue weighted by atomic mass is 10.1. The Hall–Kier alpha value is -2.14. The molecular weight excluding hydrogens is 242 g/mol. The molecule has 0 bridgehead atoms. The van der Waals surface area contributed by atoms with Crippen LogP contribution in [0, 0.1) is 0 Å². The third-order valence-corrected chi connectivity index (χ3v) is 3.34. The molecule has 1 saturated heterocycles. The van der Waals surface area contributed by atoms with E-state index in [1.54, 1.807) is 21.8 Å². The van der Waals surface area contributed by atoms with Crippen molar-refractivity contribution in [1.82, 2.24) is 14.7 Å². The summed E-state index contributed by atoms with van der Waals surface area (Å²) in [7, 11) is 0. The molecule has 1 N–H and O–H groups in total. The Bertz CT molecular complexity index is 580. The molecule has 2 aromatic rings. The number of aliphatic hydroxyl groups is 1. The predicted molar refractivity (Wildman–Crippen MR) is 70.1 cm³/mol. The van der Waals surface area contributed by atoms with Crippen LogP contribution in [-0.2, 0) is 0 Å². The van der Waals surface area contributed by atoms with Gasteiger partial charge in [-0.3, -0.25) is 4.79 Å². The Balaban J connectivity index is 1.95. The predicted octanol–water partition coefficient (Wildman–Crippen LogP) is 1.08. The number of β-amino-alcohol motifs (C(OH)–C–C–N with tert-alkyl or cyclic N) is 1. The molecule has 98 valence electrons. The first-order valence-electron chi connectivity index (χ1n) is 6.32. The van der Waals surface area contributed by atoms with Gasteiger partial charge in [0.25, 0.3) is 5.91 Å². The highest BCUT2D eigenvalue weighted by Gasteiger charge is 2.26. The molecule has 1 fully saturated rings. The van der Waals surface area contributed by atoms with Crippen LogP contribution in [0.1, 0.15) is 16.8 Å². The highest BCUT2D eigenvalue weighted by atomic mass is 16.3. The zero-order valence-corrected chi connectivity index (χ0v) is 10.4. The molecule has 19 heavy (non-hydrogen) atoms. The van der Waals surface area contributed by atoms with E-state index in [0.717, 1.165) is 5.69 Å². The summed E-state index contributed by atoms with van der Waals surface area (Å²) in [5, 5.41) is 13.7. The fraction of sp³-hybridized carbons (Fsp3) is 0.286. The van der Waals surface area contributed by atoms with Gasteiger partial charge in [0, 0.05) is 25.5 Å². The van der Waals surface area contributed by atoms with E-state index in [-0.39, 0.29) is 5.91 Å². The molecule has 3 rings (SSSR count). The summed E-state index contributed by atoms with van der Waals surface area (Å²) in [6.45, 7) is 1.01. The van der Waals surface area contributed by atoms with Crippen LogP contribution in [0.4, 0.5) is 0 Å². The van der Waals surface area contributed by atoms with E-state index in [2.05, 4.69) is 5.10 Å². The summed E-state index contributed by atoms with van der Waals surface area (Å²) in [6.07, 6.45) is 3.74. The van der Waals surface area contributed by atoms with Crippen LogP contribution in [-0.4, -0.2) is 44.9 Å². The van der Waals surface area contributed by atoms with Gasteiger partial charge in [-0.15, -0.1) is 0 Å². The number of aromatic nitrogens is 2. The lowest BCUT2D eigenvalue weighted by Gasteiger charge is -2.17. The van der Waals surface area contributed by atoms with Crippen molar-refractivity contribution < 1.29 is 9.90 Å². The first-order chi connectivity index (χ1) is 9.25. The van der Waals surface area contributed by atoms with Gasteiger partial charge in [0.15, 0.2) is 0 Å². The second kappa shape index (κ2) is 4.85. The lowest BCUT2D eigenvalue weighted by Crippen LogP contribution is -2.30. The number of carbonyl (C=O) groups excluding carboxylic acids is 1. The average molecular weight is 257 g/mol. The number of amides is 1. The van der Waals surface area contributed by atoms with E-state index in [1.165, 1.54) is 0 Å². The Kier molecular flexibility index (Phi) is 3.05. The molecule has 0 aliphatic carbocycles. The van der Waals surface area contributed by atoms with Crippen molar-refractivity contribution in [3.05, 3.63) is 48.3 Å². The molecular formula is C14H15N3O2. The summed E-state index contributed by atoms with van der Waals surface area (Å²) in [5.74, 6) is -0.0531. The van der Waals surface area contributed by atoms with Gasteiger partial charge in [0.1, 0.15) is 0 Å². The number of benzene rings is 1. The van der Waals surface area contributed by atoms with Crippen LogP contribution in [0.2, 0.25) is 0 Å². The van der Waals surface area contributed by atoms with Gasteiger partial charge in [0.05, 0.1) is 17.4 Å². The monoisotopic (exact) mass is 257 g/mol. The van der Waals surface area contributed by atoms with Gasteiger partial charge in [-0.25, -0.2) is 4.68 Å². The molecule has 5 heteroatoms. The van der Waals surface area contributed by atoms with E-state index >= 15 is 0 Å². The molecule has 1 aromatic heterocycles. The number of likely N-dealkylation sites (tertiary alicyclic amines) is 1. The second-order valence-corrected chi connectivity index (χ2v) is 4.66. The number of hydrogen-bond acceptors (Lipinski definition) is 3. The minimum absolute atomic E-state index is 0.0531. The van der Waals surface area contributed by atoms with Gasteiger partial charge >= 0.3 is 0 Å². The van der Waals surface area contributed by atoms with E-state index in [0.29, 0.717) is 25.1 Å². The summed E-state index contributed by atoms with van der Waals surface area (Å²) in [5.41, 5.74) is 1.37. The summed E-state index contributed by atoms with van der Waals surface area (Å²) >= 11 is 0. The summed E-state index contributed by atoms with van der Waals surface area (Å²) < 4.78 is 1.68. The van der Waals surface area contributed by atoms with Crippen LogP contribution >= 0.6 is 0 Å². The molecule has 1 atom stereocenters. The van der Waals surface area contributed by atoms with Crippen molar-refractivity contribution in [3.8, 4) is 5.69 Å². The molecule has 2 heterocycles. The Morgan fingerprint density at radius 2 is 2.16 bits per heavy atom. The smallest absolute Gasteiger partial charge is 0.256 e. The minimum atomic E-state index is -0.402. The average Bonchev–Trinajstić information content (AvgIpc) is 3.09. The minimum Gasteiger partial charge on any atom is -0.391 e. The van der Waals surface area contributed by atoms with Crippen LogP contribution in [0.5, 0.6) is 0 Å². The van der Waals surface area contributed by atoms with Crippen LogP contribution in [0.15, 0.2) is 42.7 Å². The highest BCUT2D eigenvalue weighted by Crippen LogP contribution is 2.19. The van der Waals surface area contributed by atoms with E-state index in [4.69, 9.17) is 0 Å². The Morgan fingerprint density at radius 1 is 1.32 bits per heavy atom. The summed E-state index contributed by atoms with van der Waals surface area (Å²) in [4.78, 5) is 14.2. The van der Waals surface area contributed by atoms with E-state index < -0.39 is 6.10 Å². The van der Waals surface area contributed by atoms with Crippen molar-refractivity contribution in [1.29, 1.82) is 0 Å². The van der Waals surface area contributed by atoms with Gasteiger partial charge in [-0.05, 0) is 24.6 Å². The van der Waals surface area contributed by atoms with Crippen molar-refractivity contribution >= 4 is 5.91 Å². The molecule has 0 unspecified atom stereocenters. The van der Waals surface area contributed by atoms with Crippen LogP contribution in [0.25, 0.3) is 5.69 Å². The number of carbonyl (C=O) groups is 1. The van der Waals surface area contributed by atoms with Crippen LogP contribution < -0.4 is 0 Å². The number of aliphatic hydroxyl groups excluding tert-OH is 1. The van der Waals surface area contributed by atoms with Gasteiger partial charge in [0.2, 0.25) is 0 Å². The number of para-hydroxylation sites is 1. The molecule has 0 saturated carbocycles. The maximum absolute atomic E-state index is 12.5. The van der Waals surface area contributed by atoms with E-state index in [1.807, 2.05) is 30.5 Å². The topological polar surface area (TPSA) is 58.4 Å². The Labute approximate surface area is 111 Å². The van der Waals surface area contributed by atoms with E-state index in [9.17, 15) is 9.90 Å². The fourth-order valence-corrected chi connectivity index (χ4v) is 2.36. The molecule has 1 amide bonds. The number of nitrogens with zero attached hydrogens (tertiary/aromatic N) is 3. The first-order valence-corrected chi connectivity index (χ1v) is 6.32. The second-order valence-electron chi connectivity index (χ2n) is 4.66. The maximum Gasteiger partial charge on any atom is 0.256 e. The quantitative estimate of drug-likeness (QED) is 0.875. The highest BCUT2D eigenvalue weighted by molar-refractivity contribution is 5.97. The van der Waals surface area contributed by atoms with Crippen molar-refractivity contribution in [2.24, 2.45) is 0 Å². The maximum atomic E-state index is 12.5. The normalized spacial score (nSPS) is 18.8. The zero-order chi connectivity index (χ0) is 13.2. The van der Waals surface area contributed by atoms with Gasteiger partial charge in [-0.2, -0.15) is 5.10 Å². The third kappa shape index (κ3) is 2.24. The van der Waals surface area contributed by atoms with Crippen molar-refractivity contribution in [3.63, 3.8) is 0 Å².